The molecule has 0 aliphatic heterocycles. The Balaban J connectivity index is 2.07. The Hall–Kier alpha value is -1.13. The average Bonchev–Trinajstić information content (AvgIpc) is 2.79. The first-order valence-electron chi connectivity index (χ1n) is 6.81. The summed E-state index contributed by atoms with van der Waals surface area (Å²) < 4.78 is 6.87. The smallest absolute Gasteiger partial charge is 0.196 e. The third kappa shape index (κ3) is 4.18. The zero-order valence-corrected chi connectivity index (χ0v) is 14.0. The minimum absolute atomic E-state index is 0.120. The van der Waals surface area contributed by atoms with Gasteiger partial charge in [-0.05, 0) is 39.8 Å². The molecule has 1 N–H and O–H groups in total. The van der Waals surface area contributed by atoms with E-state index in [2.05, 4.69) is 66.1 Å². The third-order valence-corrected chi connectivity index (χ3v) is 3.63. The van der Waals surface area contributed by atoms with Gasteiger partial charge in [0.25, 0.3) is 0 Å². The molecule has 0 radical (unpaired) electrons. The van der Waals surface area contributed by atoms with Gasteiger partial charge in [0, 0.05) is 28.5 Å². The predicted octanol–water partition coefficient (Wildman–Crippen LogP) is 4.34. The number of aryl methyl sites for hydroxylation is 1. The van der Waals surface area contributed by atoms with Crippen LogP contribution in [0.5, 0.6) is 0 Å². The summed E-state index contributed by atoms with van der Waals surface area (Å²) in [6.45, 7) is 9.38. The summed E-state index contributed by atoms with van der Waals surface area (Å²) in [7, 11) is 0. The Morgan fingerprint density at radius 1 is 1.30 bits per heavy atom. The summed E-state index contributed by atoms with van der Waals surface area (Å²) >= 11 is 3.56. The summed E-state index contributed by atoms with van der Waals surface area (Å²) in [4.78, 5) is 4.36. The van der Waals surface area contributed by atoms with Gasteiger partial charge in [-0.15, -0.1) is 0 Å². The Morgan fingerprint density at radius 3 is 2.75 bits per heavy atom. The van der Waals surface area contributed by atoms with Crippen LogP contribution >= 0.6 is 15.9 Å². The van der Waals surface area contributed by atoms with Crippen LogP contribution < -0.4 is 5.32 Å². The van der Waals surface area contributed by atoms with Crippen LogP contribution in [0.15, 0.2) is 33.3 Å². The fourth-order valence-electron chi connectivity index (χ4n) is 1.92. The van der Waals surface area contributed by atoms with Crippen molar-refractivity contribution in [3.63, 3.8) is 0 Å². The number of hydrogen-bond donors (Lipinski definition) is 1. The molecule has 0 spiro atoms. The highest BCUT2D eigenvalue weighted by molar-refractivity contribution is 9.10. The van der Waals surface area contributed by atoms with E-state index in [1.165, 1.54) is 5.56 Å². The lowest BCUT2D eigenvalue weighted by molar-refractivity contribution is 0.412. The first kappa shape index (κ1) is 15.3. The maximum atomic E-state index is 5.84. The zero-order chi connectivity index (χ0) is 14.8. The SMILES string of the molecule is Cc1ccc(Br)c(-c2cnc(CCNC(C)(C)C)o2)c1. The van der Waals surface area contributed by atoms with Gasteiger partial charge in [-0.3, -0.25) is 0 Å². The maximum Gasteiger partial charge on any atom is 0.196 e. The van der Waals surface area contributed by atoms with E-state index in [0.29, 0.717) is 0 Å². The molecule has 4 heteroatoms. The number of benzene rings is 1. The number of rotatable bonds is 4. The molecular formula is C16H21BrN2O. The van der Waals surface area contributed by atoms with Crippen molar-refractivity contribution in [1.29, 1.82) is 0 Å². The van der Waals surface area contributed by atoms with Crippen molar-refractivity contribution in [3.8, 4) is 11.3 Å². The molecule has 2 rings (SSSR count). The van der Waals surface area contributed by atoms with Gasteiger partial charge in [-0.1, -0.05) is 27.6 Å². The monoisotopic (exact) mass is 336 g/mol. The highest BCUT2D eigenvalue weighted by Gasteiger charge is 2.12. The van der Waals surface area contributed by atoms with Crippen LogP contribution in [0.25, 0.3) is 11.3 Å². The quantitative estimate of drug-likeness (QED) is 0.902. The van der Waals surface area contributed by atoms with E-state index in [0.717, 1.165) is 34.7 Å². The van der Waals surface area contributed by atoms with Crippen molar-refractivity contribution in [2.75, 3.05) is 6.54 Å². The lowest BCUT2D eigenvalue weighted by Gasteiger charge is -2.19. The largest absolute Gasteiger partial charge is 0.441 e. The molecule has 1 aromatic heterocycles. The summed E-state index contributed by atoms with van der Waals surface area (Å²) in [6, 6.07) is 6.20. The van der Waals surface area contributed by atoms with Crippen LogP contribution in [0.4, 0.5) is 0 Å². The molecule has 3 nitrogen and oxygen atoms in total. The van der Waals surface area contributed by atoms with Gasteiger partial charge in [-0.25, -0.2) is 4.98 Å². The Kier molecular flexibility index (Phi) is 4.66. The van der Waals surface area contributed by atoms with Crippen LogP contribution in [0.1, 0.15) is 32.2 Å². The van der Waals surface area contributed by atoms with Gasteiger partial charge in [0.05, 0.1) is 6.20 Å². The van der Waals surface area contributed by atoms with Crippen molar-refractivity contribution in [2.24, 2.45) is 0 Å². The molecule has 0 saturated carbocycles. The molecule has 108 valence electrons. The average molecular weight is 337 g/mol. The highest BCUT2D eigenvalue weighted by Crippen LogP contribution is 2.29. The molecule has 1 heterocycles. The Bertz CT molecular complexity index is 584. The summed E-state index contributed by atoms with van der Waals surface area (Å²) in [5.41, 5.74) is 2.37. The van der Waals surface area contributed by atoms with E-state index >= 15 is 0 Å². The first-order chi connectivity index (χ1) is 9.35. The van der Waals surface area contributed by atoms with E-state index in [-0.39, 0.29) is 5.54 Å². The van der Waals surface area contributed by atoms with Crippen LogP contribution in [0, 0.1) is 6.92 Å². The molecule has 2 aromatic rings. The molecule has 1 aromatic carbocycles. The van der Waals surface area contributed by atoms with Crippen LogP contribution in [-0.2, 0) is 6.42 Å². The van der Waals surface area contributed by atoms with Crippen LogP contribution in [0.2, 0.25) is 0 Å². The summed E-state index contributed by atoms with van der Waals surface area (Å²) in [5.74, 6) is 1.58. The number of nitrogens with one attached hydrogen (secondary N) is 1. The zero-order valence-electron chi connectivity index (χ0n) is 12.5. The van der Waals surface area contributed by atoms with E-state index in [9.17, 15) is 0 Å². The van der Waals surface area contributed by atoms with E-state index < -0.39 is 0 Å². The number of oxazole rings is 1. The number of aromatic nitrogens is 1. The first-order valence-corrected chi connectivity index (χ1v) is 7.61. The number of halogens is 1. The standard InChI is InChI=1S/C16H21BrN2O/c1-11-5-6-13(17)12(9-11)14-10-18-15(20-14)7-8-19-16(2,3)4/h5-6,9-10,19H,7-8H2,1-4H3. The summed E-state index contributed by atoms with van der Waals surface area (Å²) in [5, 5.41) is 3.43. The fourth-order valence-corrected chi connectivity index (χ4v) is 2.36. The molecule has 0 unspecified atom stereocenters. The molecule has 20 heavy (non-hydrogen) atoms. The van der Waals surface area contributed by atoms with Crippen molar-refractivity contribution in [1.82, 2.24) is 10.3 Å². The lowest BCUT2D eigenvalue weighted by atomic mass is 10.1. The Morgan fingerprint density at radius 2 is 2.05 bits per heavy atom. The van der Waals surface area contributed by atoms with Crippen LogP contribution in [0.3, 0.4) is 0 Å². The van der Waals surface area contributed by atoms with Gasteiger partial charge in [0.15, 0.2) is 11.7 Å². The molecule has 0 bridgehead atoms. The molecule has 0 amide bonds. The van der Waals surface area contributed by atoms with Crippen molar-refractivity contribution < 1.29 is 4.42 Å². The number of hydrogen-bond acceptors (Lipinski definition) is 3. The second-order valence-corrected chi connectivity index (χ2v) is 6.88. The molecule has 0 atom stereocenters. The number of nitrogens with zero attached hydrogens (tertiary/aromatic N) is 1. The van der Waals surface area contributed by atoms with E-state index in [1.807, 2.05) is 6.07 Å². The summed E-state index contributed by atoms with van der Waals surface area (Å²) in [6.07, 6.45) is 2.59. The van der Waals surface area contributed by atoms with Gasteiger partial charge in [0.2, 0.25) is 0 Å². The normalized spacial score (nSPS) is 11.8. The third-order valence-electron chi connectivity index (χ3n) is 2.94. The second kappa shape index (κ2) is 6.10. The lowest BCUT2D eigenvalue weighted by Crippen LogP contribution is -2.37. The molecule has 0 fully saturated rings. The van der Waals surface area contributed by atoms with Crippen molar-refractivity contribution >= 4 is 15.9 Å². The molecule has 0 aliphatic rings. The van der Waals surface area contributed by atoms with E-state index in [4.69, 9.17) is 4.42 Å². The minimum atomic E-state index is 0.120. The van der Waals surface area contributed by atoms with Gasteiger partial charge in [-0.2, -0.15) is 0 Å². The van der Waals surface area contributed by atoms with Gasteiger partial charge >= 0.3 is 0 Å². The topological polar surface area (TPSA) is 38.1 Å². The van der Waals surface area contributed by atoms with E-state index in [1.54, 1.807) is 6.20 Å². The van der Waals surface area contributed by atoms with Gasteiger partial charge < -0.3 is 9.73 Å². The molecular weight excluding hydrogens is 316 g/mol. The second-order valence-electron chi connectivity index (χ2n) is 6.03. The fraction of sp³-hybridized carbons (Fsp3) is 0.438. The van der Waals surface area contributed by atoms with Crippen molar-refractivity contribution in [2.45, 2.75) is 39.7 Å². The minimum Gasteiger partial charge on any atom is -0.441 e. The van der Waals surface area contributed by atoms with Crippen LogP contribution in [-0.4, -0.2) is 17.1 Å². The molecule has 0 aliphatic carbocycles. The Labute approximate surface area is 128 Å². The van der Waals surface area contributed by atoms with Crippen molar-refractivity contribution in [3.05, 3.63) is 40.3 Å². The van der Waals surface area contributed by atoms with Gasteiger partial charge in [0.1, 0.15) is 0 Å². The predicted molar refractivity (Wildman–Crippen MR) is 85.8 cm³/mol. The highest BCUT2D eigenvalue weighted by atomic mass is 79.9. The maximum absolute atomic E-state index is 5.84. The molecule has 0 saturated heterocycles.